The molecule has 1 amide bonds. The smallest absolute Gasteiger partial charge is 0.271 e. The summed E-state index contributed by atoms with van der Waals surface area (Å²) in [4.78, 5) is 11.3. The minimum absolute atomic E-state index is 0.136. The van der Waals surface area contributed by atoms with Crippen LogP contribution >= 0.6 is 0 Å². The molecule has 1 unspecified atom stereocenters. The standard InChI is InChI=1S/C12H19N5O/c1-12(7-13,8-3-4-8)15-10-6-5-9(16-17-10)11(18)14-2/h5-6,8H,3-4,7,13H2,1-2H3,(H,14,18)(H,15,17). The average molecular weight is 249 g/mol. The average Bonchev–Trinajstić information content (AvgIpc) is 3.23. The molecule has 0 spiro atoms. The Hall–Kier alpha value is -1.69. The third-order valence-electron chi connectivity index (χ3n) is 3.44. The molecular formula is C12H19N5O. The lowest BCUT2D eigenvalue weighted by Crippen LogP contribution is -2.45. The second-order valence-corrected chi connectivity index (χ2v) is 4.90. The highest BCUT2D eigenvalue weighted by Crippen LogP contribution is 2.40. The quantitative estimate of drug-likeness (QED) is 0.701. The molecule has 4 N–H and O–H groups in total. The van der Waals surface area contributed by atoms with Crippen molar-refractivity contribution in [2.45, 2.75) is 25.3 Å². The molecule has 1 heterocycles. The van der Waals surface area contributed by atoms with Gasteiger partial charge in [0.15, 0.2) is 5.69 Å². The van der Waals surface area contributed by atoms with Crippen molar-refractivity contribution in [1.29, 1.82) is 0 Å². The number of nitrogens with zero attached hydrogens (tertiary/aromatic N) is 2. The third-order valence-corrected chi connectivity index (χ3v) is 3.44. The molecular weight excluding hydrogens is 230 g/mol. The molecule has 0 aromatic carbocycles. The maximum absolute atomic E-state index is 11.3. The lowest BCUT2D eigenvalue weighted by atomic mass is 9.96. The van der Waals surface area contributed by atoms with Crippen LogP contribution in [0.4, 0.5) is 5.82 Å². The number of carbonyl (C=O) groups is 1. The second kappa shape index (κ2) is 4.89. The minimum Gasteiger partial charge on any atom is -0.362 e. The van der Waals surface area contributed by atoms with E-state index in [1.807, 2.05) is 0 Å². The van der Waals surface area contributed by atoms with E-state index in [1.54, 1.807) is 19.2 Å². The van der Waals surface area contributed by atoms with Gasteiger partial charge in [0.1, 0.15) is 5.82 Å². The van der Waals surface area contributed by atoms with Gasteiger partial charge in [-0.2, -0.15) is 0 Å². The molecule has 0 saturated heterocycles. The highest BCUT2D eigenvalue weighted by atomic mass is 16.1. The predicted octanol–water partition coefficient (Wildman–Crippen LogP) is 0.375. The zero-order chi connectivity index (χ0) is 13.2. The van der Waals surface area contributed by atoms with Crippen molar-refractivity contribution in [1.82, 2.24) is 15.5 Å². The molecule has 1 aromatic heterocycles. The topological polar surface area (TPSA) is 92.9 Å². The third kappa shape index (κ3) is 2.59. The SMILES string of the molecule is CNC(=O)c1ccc(NC(C)(CN)C2CC2)nn1. The van der Waals surface area contributed by atoms with Crippen LogP contribution in [0.2, 0.25) is 0 Å². The molecule has 1 aromatic rings. The van der Waals surface area contributed by atoms with Gasteiger partial charge in [0.05, 0.1) is 5.54 Å². The lowest BCUT2D eigenvalue weighted by molar-refractivity contribution is 0.0957. The first-order valence-electron chi connectivity index (χ1n) is 6.13. The van der Waals surface area contributed by atoms with E-state index in [0.717, 1.165) is 0 Å². The number of hydrogen-bond acceptors (Lipinski definition) is 5. The van der Waals surface area contributed by atoms with Crippen LogP contribution in [0, 0.1) is 5.92 Å². The molecule has 1 aliphatic carbocycles. The first-order chi connectivity index (χ1) is 8.59. The van der Waals surface area contributed by atoms with E-state index in [4.69, 9.17) is 5.73 Å². The van der Waals surface area contributed by atoms with E-state index in [1.165, 1.54) is 12.8 Å². The van der Waals surface area contributed by atoms with Crippen molar-refractivity contribution in [3.05, 3.63) is 17.8 Å². The van der Waals surface area contributed by atoms with Gasteiger partial charge in [0.2, 0.25) is 0 Å². The van der Waals surface area contributed by atoms with Gasteiger partial charge in [0.25, 0.3) is 5.91 Å². The van der Waals surface area contributed by atoms with Gasteiger partial charge in [-0.15, -0.1) is 10.2 Å². The number of carbonyl (C=O) groups excluding carboxylic acids is 1. The Labute approximate surface area is 106 Å². The highest BCUT2D eigenvalue weighted by molar-refractivity contribution is 5.91. The summed E-state index contributed by atoms with van der Waals surface area (Å²) in [6.45, 7) is 2.65. The maximum atomic E-state index is 11.3. The van der Waals surface area contributed by atoms with E-state index >= 15 is 0 Å². The number of nitrogens with one attached hydrogen (secondary N) is 2. The normalized spacial score (nSPS) is 17.9. The van der Waals surface area contributed by atoms with Crippen LogP contribution in [0.1, 0.15) is 30.3 Å². The molecule has 6 nitrogen and oxygen atoms in total. The molecule has 6 heteroatoms. The minimum atomic E-state index is -0.238. The molecule has 0 aliphatic heterocycles. The van der Waals surface area contributed by atoms with Crippen LogP contribution in [-0.4, -0.2) is 35.2 Å². The molecule has 18 heavy (non-hydrogen) atoms. The fraction of sp³-hybridized carbons (Fsp3) is 0.583. The molecule has 0 bridgehead atoms. The number of amides is 1. The number of nitrogens with two attached hydrogens (primary N) is 1. The van der Waals surface area contributed by atoms with Crippen LogP contribution in [0.5, 0.6) is 0 Å². The Balaban J connectivity index is 2.08. The monoisotopic (exact) mass is 249 g/mol. The Morgan fingerprint density at radius 3 is 2.67 bits per heavy atom. The number of rotatable bonds is 5. The second-order valence-electron chi connectivity index (χ2n) is 4.90. The Morgan fingerprint density at radius 2 is 2.22 bits per heavy atom. The van der Waals surface area contributed by atoms with Crippen molar-refractivity contribution >= 4 is 11.7 Å². The van der Waals surface area contributed by atoms with Crippen LogP contribution in [0.25, 0.3) is 0 Å². The van der Waals surface area contributed by atoms with Crippen molar-refractivity contribution in [3.63, 3.8) is 0 Å². The molecule has 98 valence electrons. The fourth-order valence-electron chi connectivity index (χ4n) is 1.98. The fourth-order valence-corrected chi connectivity index (χ4v) is 1.98. The van der Waals surface area contributed by atoms with Crippen molar-refractivity contribution < 1.29 is 4.79 Å². The molecule has 1 aliphatic rings. The van der Waals surface area contributed by atoms with Crippen LogP contribution < -0.4 is 16.4 Å². The summed E-state index contributed by atoms with van der Waals surface area (Å²) < 4.78 is 0. The van der Waals surface area contributed by atoms with Gasteiger partial charge in [-0.1, -0.05) is 0 Å². The summed E-state index contributed by atoms with van der Waals surface area (Å²) in [6, 6.07) is 3.41. The van der Waals surface area contributed by atoms with Crippen LogP contribution in [-0.2, 0) is 0 Å². The number of hydrogen-bond donors (Lipinski definition) is 3. The summed E-state index contributed by atoms with van der Waals surface area (Å²) in [5, 5.41) is 13.7. The predicted molar refractivity (Wildman–Crippen MR) is 69.2 cm³/mol. The molecule has 0 radical (unpaired) electrons. The van der Waals surface area contributed by atoms with Gasteiger partial charge >= 0.3 is 0 Å². The van der Waals surface area contributed by atoms with Gasteiger partial charge in [0, 0.05) is 13.6 Å². The van der Waals surface area contributed by atoms with Crippen molar-refractivity contribution in [2.75, 3.05) is 18.9 Å². The first-order valence-corrected chi connectivity index (χ1v) is 6.13. The Bertz CT molecular complexity index is 429. The molecule has 1 atom stereocenters. The largest absolute Gasteiger partial charge is 0.362 e. The zero-order valence-corrected chi connectivity index (χ0v) is 10.7. The van der Waals surface area contributed by atoms with Gasteiger partial charge in [-0.25, -0.2) is 0 Å². The summed E-state index contributed by atoms with van der Waals surface area (Å²) in [7, 11) is 1.56. The lowest BCUT2D eigenvalue weighted by Gasteiger charge is -2.29. The molecule has 1 saturated carbocycles. The van der Waals surface area contributed by atoms with E-state index < -0.39 is 0 Å². The van der Waals surface area contributed by atoms with E-state index in [0.29, 0.717) is 24.0 Å². The number of anilines is 1. The first kappa shape index (κ1) is 12.8. The zero-order valence-electron chi connectivity index (χ0n) is 10.7. The van der Waals surface area contributed by atoms with E-state index in [-0.39, 0.29) is 11.4 Å². The summed E-state index contributed by atoms with van der Waals surface area (Å²) in [5.74, 6) is 1.02. The highest BCUT2D eigenvalue weighted by Gasteiger charge is 2.40. The van der Waals surface area contributed by atoms with Gasteiger partial charge < -0.3 is 16.4 Å². The maximum Gasteiger partial charge on any atom is 0.271 e. The van der Waals surface area contributed by atoms with Crippen molar-refractivity contribution in [3.8, 4) is 0 Å². The number of aromatic nitrogens is 2. The van der Waals surface area contributed by atoms with Crippen LogP contribution in [0.3, 0.4) is 0 Å². The van der Waals surface area contributed by atoms with E-state index in [2.05, 4.69) is 27.8 Å². The van der Waals surface area contributed by atoms with Gasteiger partial charge in [-0.05, 0) is 37.8 Å². The summed E-state index contributed by atoms with van der Waals surface area (Å²) >= 11 is 0. The van der Waals surface area contributed by atoms with E-state index in [9.17, 15) is 4.79 Å². The summed E-state index contributed by atoms with van der Waals surface area (Å²) in [6.07, 6.45) is 2.40. The van der Waals surface area contributed by atoms with Crippen molar-refractivity contribution in [2.24, 2.45) is 11.7 Å². The Kier molecular flexibility index (Phi) is 3.47. The molecule has 2 rings (SSSR count). The van der Waals surface area contributed by atoms with Crippen LogP contribution in [0.15, 0.2) is 12.1 Å². The summed E-state index contributed by atoms with van der Waals surface area (Å²) in [5.41, 5.74) is 5.99. The molecule has 1 fully saturated rings. The van der Waals surface area contributed by atoms with Gasteiger partial charge in [-0.3, -0.25) is 4.79 Å². The Morgan fingerprint density at radius 1 is 1.50 bits per heavy atom.